The second-order valence-corrected chi connectivity index (χ2v) is 3.01. The van der Waals surface area contributed by atoms with Crippen molar-refractivity contribution in [2.75, 3.05) is 0 Å². The Hall–Kier alpha value is -0.420. The van der Waals surface area contributed by atoms with Gasteiger partial charge in [-0.25, -0.2) is 0 Å². The average Bonchev–Trinajstić information content (AvgIpc) is 1.95. The Morgan fingerprint density at radius 3 is 2.27 bits per heavy atom. The lowest BCUT2D eigenvalue weighted by molar-refractivity contribution is -0.126. The van der Waals surface area contributed by atoms with Gasteiger partial charge in [0.1, 0.15) is 23.9 Å². The molecule has 0 radical (unpaired) electrons. The Kier molecular flexibility index (Phi) is 2.02. The van der Waals surface area contributed by atoms with Gasteiger partial charge in [-0.1, -0.05) is 12.2 Å². The SMILES string of the molecule is C[C@@]1(O)C=C[C@H](O)[C@H](O)[C@@H]1O. The van der Waals surface area contributed by atoms with Crippen LogP contribution in [0.3, 0.4) is 0 Å². The lowest BCUT2D eigenvalue weighted by Gasteiger charge is -2.35. The summed E-state index contributed by atoms with van der Waals surface area (Å²) in [6.07, 6.45) is -1.20. The van der Waals surface area contributed by atoms with Gasteiger partial charge in [0.25, 0.3) is 0 Å². The molecule has 11 heavy (non-hydrogen) atoms. The maximum Gasteiger partial charge on any atom is 0.115 e. The standard InChI is InChI=1S/C7H12O4/c1-7(11)3-2-4(8)5(9)6(7)10/h2-6,8-11H,1H3/t4-,5-,6-,7+/m0/s1. The van der Waals surface area contributed by atoms with Crippen LogP contribution >= 0.6 is 0 Å². The van der Waals surface area contributed by atoms with Crippen molar-refractivity contribution in [2.24, 2.45) is 0 Å². The molecule has 0 aromatic rings. The predicted octanol–water partition coefficient (Wildman–Crippen LogP) is -1.61. The molecule has 4 N–H and O–H groups in total. The van der Waals surface area contributed by atoms with Crippen LogP contribution in [0.5, 0.6) is 0 Å². The molecule has 0 aromatic heterocycles. The van der Waals surface area contributed by atoms with Gasteiger partial charge in [-0.3, -0.25) is 0 Å². The molecular formula is C7H12O4. The highest BCUT2D eigenvalue weighted by Gasteiger charge is 2.39. The zero-order valence-electron chi connectivity index (χ0n) is 6.18. The van der Waals surface area contributed by atoms with Crippen LogP contribution in [0.25, 0.3) is 0 Å². The predicted molar refractivity (Wildman–Crippen MR) is 37.8 cm³/mol. The lowest BCUT2D eigenvalue weighted by Crippen LogP contribution is -2.52. The van der Waals surface area contributed by atoms with E-state index >= 15 is 0 Å². The minimum atomic E-state index is -1.45. The first kappa shape index (κ1) is 8.67. The summed E-state index contributed by atoms with van der Waals surface area (Å²) >= 11 is 0. The van der Waals surface area contributed by atoms with Crippen molar-refractivity contribution in [2.45, 2.75) is 30.8 Å². The van der Waals surface area contributed by atoms with Gasteiger partial charge in [-0.15, -0.1) is 0 Å². The molecule has 0 bridgehead atoms. The molecule has 0 spiro atoms. The largest absolute Gasteiger partial charge is 0.387 e. The van der Waals surface area contributed by atoms with Gasteiger partial charge in [0.05, 0.1) is 0 Å². The molecule has 4 atom stereocenters. The van der Waals surface area contributed by atoms with Crippen molar-refractivity contribution in [3.8, 4) is 0 Å². The normalized spacial score (nSPS) is 51.2. The first-order chi connectivity index (χ1) is 4.95. The highest BCUT2D eigenvalue weighted by Crippen LogP contribution is 2.22. The molecular weight excluding hydrogens is 148 g/mol. The average molecular weight is 160 g/mol. The van der Waals surface area contributed by atoms with E-state index in [1.165, 1.54) is 19.1 Å². The fraction of sp³-hybridized carbons (Fsp3) is 0.714. The van der Waals surface area contributed by atoms with Gasteiger partial charge < -0.3 is 20.4 Å². The molecule has 0 heterocycles. The van der Waals surface area contributed by atoms with Gasteiger partial charge in [-0.05, 0) is 6.92 Å². The maximum atomic E-state index is 9.32. The number of hydrogen-bond acceptors (Lipinski definition) is 4. The zero-order valence-corrected chi connectivity index (χ0v) is 6.18. The van der Waals surface area contributed by atoms with Gasteiger partial charge >= 0.3 is 0 Å². The number of rotatable bonds is 0. The van der Waals surface area contributed by atoms with Gasteiger partial charge in [0, 0.05) is 0 Å². The third-order valence-corrected chi connectivity index (χ3v) is 1.90. The molecule has 0 aromatic carbocycles. The van der Waals surface area contributed by atoms with Gasteiger partial charge in [-0.2, -0.15) is 0 Å². The van der Waals surface area contributed by atoms with E-state index in [1.807, 2.05) is 0 Å². The smallest absolute Gasteiger partial charge is 0.115 e. The van der Waals surface area contributed by atoms with E-state index < -0.39 is 23.9 Å². The molecule has 1 aliphatic carbocycles. The summed E-state index contributed by atoms with van der Waals surface area (Å²) in [5, 5.41) is 36.5. The first-order valence-corrected chi connectivity index (χ1v) is 3.41. The second-order valence-electron chi connectivity index (χ2n) is 3.01. The quantitative estimate of drug-likeness (QED) is 0.321. The summed E-state index contributed by atoms with van der Waals surface area (Å²) in [6.45, 7) is 1.36. The molecule has 0 unspecified atom stereocenters. The summed E-state index contributed by atoms with van der Waals surface area (Å²) in [6, 6.07) is 0. The van der Waals surface area contributed by atoms with E-state index in [0.717, 1.165) is 0 Å². The highest BCUT2D eigenvalue weighted by molar-refractivity contribution is 5.14. The van der Waals surface area contributed by atoms with E-state index in [0.29, 0.717) is 0 Å². The van der Waals surface area contributed by atoms with Crippen molar-refractivity contribution < 1.29 is 20.4 Å². The van der Waals surface area contributed by atoms with Crippen LogP contribution in [0.1, 0.15) is 6.92 Å². The fourth-order valence-corrected chi connectivity index (χ4v) is 1.04. The van der Waals surface area contributed by atoms with Crippen LogP contribution in [0.4, 0.5) is 0 Å². The van der Waals surface area contributed by atoms with E-state index in [9.17, 15) is 5.11 Å². The summed E-state index contributed by atoms with van der Waals surface area (Å²) in [5.41, 5.74) is -1.45. The summed E-state index contributed by atoms with van der Waals surface area (Å²) < 4.78 is 0. The topological polar surface area (TPSA) is 80.9 Å². The molecule has 64 valence electrons. The third-order valence-electron chi connectivity index (χ3n) is 1.90. The molecule has 4 heteroatoms. The Morgan fingerprint density at radius 1 is 1.27 bits per heavy atom. The molecule has 4 nitrogen and oxygen atoms in total. The van der Waals surface area contributed by atoms with Crippen LogP contribution in [0.2, 0.25) is 0 Å². The Bertz CT molecular complexity index is 175. The first-order valence-electron chi connectivity index (χ1n) is 3.41. The Labute approximate surface area is 64.4 Å². The van der Waals surface area contributed by atoms with Crippen LogP contribution in [0.15, 0.2) is 12.2 Å². The number of aliphatic hydroxyl groups excluding tert-OH is 3. The van der Waals surface area contributed by atoms with Crippen LogP contribution in [0, 0.1) is 0 Å². The molecule has 1 aliphatic rings. The number of hydrogen-bond donors (Lipinski definition) is 4. The van der Waals surface area contributed by atoms with Gasteiger partial charge in [0.15, 0.2) is 0 Å². The van der Waals surface area contributed by atoms with E-state index in [1.54, 1.807) is 0 Å². The Morgan fingerprint density at radius 2 is 1.82 bits per heavy atom. The van der Waals surface area contributed by atoms with E-state index in [-0.39, 0.29) is 0 Å². The molecule has 0 aliphatic heterocycles. The fourth-order valence-electron chi connectivity index (χ4n) is 1.04. The second kappa shape index (κ2) is 2.57. The summed E-state index contributed by atoms with van der Waals surface area (Å²) in [4.78, 5) is 0. The van der Waals surface area contributed by atoms with Crippen molar-refractivity contribution >= 4 is 0 Å². The highest BCUT2D eigenvalue weighted by atomic mass is 16.4. The molecule has 0 saturated heterocycles. The minimum Gasteiger partial charge on any atom is -0.387 e. The van der Waals surface area contributed by atoms with E-state index in [2.05, 4.69) is 0 Å². The Balaban J connectivity index is 2.85. The van der Waals surface area contributed by atoms with Crippen LogP contribution in [-0.4, -0.2) is 44.3 Å². The molecule has 0 amide bonds. The zero-order chi connectivity index (χ0) is 8.65. The minimum absolute atomic E-state index is 1.09. The third kappa shape index (κ3) is 1.44. The van der Waals surface area contributed by atoms with Crippen molar-refractivity contribution in [1.29, 1.82) is 0 Å². The lowest BCUT2D eigenvalue weighted by atomic mass is 9.86. The van der Waals surface area contributed by atoms with E-state index in [4.69, 9.17) is 15.3 Å². The van der Waals surface area contributed by atoms with Crippen LogP contribution < -0.4 is 0 Å². The molecule has 0 fully saturated rings. The molecule has 0 saturated carbocycles. The van der Waals surface area contributed by atoms with Crippen molar-refractivity contribution in [3.63, 3.8) is 0 Å². The summed E-state index contributed by atoms with van der Waals surface area (Å²) in [5.74, 6) is 0. The van der Waals surface area contributed by atoms with Gasteiger partial charge in [0.2, 0.25) is 0 Å². The van der Waals surface area contributed by atoms with Crippen LogP contribution in [-0.2, 0) is 0 Å². The summed E-state index contributed by atoms with van der Waals surface area (Å²) in [7, 11) is 0. The number of aliphatic hydroxyl groups is 4. The molecule has 1 rings (SSSR count). The van der Waals surface area contributed by atoms with Crippen molar-refractivity contribution in [1.82, 2.24) is 0 Å². The maximum absolute atomic E-state index is 9.32. The monoisotopic (exact) mass is 160 g/mol. The van der Waals surface area contributed by atoms with Crippen molar-refractivity contribution in [3.05, 3.63) is 12.2 Å².